The molecule has 2 aromatic carbocycles. The van der Waals surface area contributed by atoms with Crippen LogP contribution in [-0.4, -0.2) is 37.9 Å². The van der Waals surface area contributed by atoms with Crippen LogP contribution < -0.4 is 9.47 Å². The van der Waals surface area contributed by atoms with Gasteiger partial charge in [0.15, 0.2) is 17.3 Å². The topological polar surface area (TPSA) is 38.8 Å². The lowest BCUT2D eigenvalue weighted by Gasteiger charge is -2.32. The van der Waals surface area contributed by atoms with E-state index in [1.165, 1.54) is 44.6 Å². The van der Waals surface area contributed by atoms with Gasteiger partial charge in [-0.1, -0.05) is 30.3 Å². The quantitative estimate of drug-likeness (QED) is 0.735. The Morgan fingerprint density at radius 3 is 2.50 bits per heavy atom. The van der Waals surface area contributed by atoms with Gasteiger partial charge >= 0.3 is 0 Å². The van der Waals surface area contributed by atoms with Crippen molar-refractivity contribution in [1.82, 2.24) is 4.90 Å². The zero-order chi connectivity index (χ0) is 29.4. The molecule has 0 aromatic heterocycles. The van der Waals surface area contributed by atoms with E-state index in [0.29, 0.717) is 11.3 Å². The highest BCUT2D eigenvalue weighted by atomic mass is 16.5. The van der Waals surface area contributed by atoms with Crippen LogP contribution in [0, 0.1) is 11.8 Å². The highest BCUT2D eigenvalue weighted by Crippen LogP contribution is 2.39. The van der Waals surface area contributed by atoms with Gasteiger partial charge in [-0.05, 0) is 67.7 Å². The number of nitrogens with zero attached hydrogens (tertiary/aromatic N) is 1. The average molecular weight is 391 g/mol. The molecule has 1 fully saturated rings. The number of carbonyl (C=O) groups excluding carboxylic acids is 1. The van der Waals surface area contributed by atoms with Crippen molar-refractivity contribution in [3.8, 4) is 11.5 Å². The third-order valence-corrected chi connectivity index (χ3v) is 4.81. The van der Waals surface area contributed by atoms with Crippen molar-refractivity contribution in [3.63, 3.8) is 0 Å². The Hall–Kier alpha value is -2.33. The van der Waals surface area contributed by atoms with Crippen molar-refractivity contribution in [2.75, 3.05) is 27.2 Å². The first-order valence-electron chi connectivity index (χ1n) is 14.5. The van der Waals surface area contributed by atoms with Crippen LogP contribution >= 0.6 is 0 Å². The minimum absolute atomic E-state index is 0.0259. The monoisotopic (exact) mass is 390 g/mol. The molecule has 1 heterocycles. The number of Topliss-reactive ketones (excluding diaryl/α,β-unsaturated/α-hetero) is 1. The predicted octanol–water partition coefficient (Wildman–Crippen LogP) is 4.36. The summed E-state index contributed by atoms with van der Waals surface area (Å²) in [6.07, 6.45) is -7.85. The van der Waals surface area contributed by atoms with Crippen LogP contribution in [0.15, 0.2) is 42.5 Å². The van der Waals surface area contributed by atoms with Crippen molar-refractivity contribution in [1.29, 1.82) is 0 Å². The third-order valence-electron chi connectivity index (χ3n) is 4.81. The van der Waals surface area contributed by atoms with E-state index in [0.717, 1.165) is 0 Å². The van der Waals surface area contributed by atoms with E-state index < -0.39 is 56.3 Å². The second-order valence-corrected chi connectivity index (χ2v) is 6.60. The number of hydrogen-bond donors (Lipinski definition) is 0. The zero-order valence-corrected chi connectivity index (χ0v) is 15.7. The maximum atomic E-state index is 13.4. The van der Waals surface area contributed by atoms with E-state index >= 15 is 0 Å². The summed E-state index contributed by atoms with van der Waals surface area (Å²) in [6, 6.07) is 9.96. The summed E-state index contributed by atoms with van der Waals surface area (Å²) in [5.74, 6) is -4.25. The highest BCUT2D eigenvalue weighted by molar-refractivity contribution is 6.02. The second kappa shape index (κ2) is 8.36. The SMILES string of the molecule is [2H]C([2H])(c1ccccc1)N1C([2H])([2H])C([2H])([2H])C([2H])(CC2Cc3cc(OC)c(OC)cc3C2=O)C([2H])([2H])C1([2H])[2H]. The number of hydrogen-bond acceptors (Lipinski definition) is 4. The molecule has 4 heteroatoms. The molecular weight excluding hydrogens is 350 g/mol. The Morgan fingerprint density at radius 1 is 1.14 bits per heavy atom. The van der Waals surface area contributed by atoms with Crippen molar-refractivity contribution in [2.45, 2.75) is 32.1 Å². The summed E-state index contributed by atoms with van der Waals surface area (Å²) in [7, 11) is 2.79. The van der Waals surface area contributed by atoms with E-state index in [2.05, 4.69) is 0 Å². The van der Waals surface area contributed by atoms with Crippen LogP contribution in [0.3, 0.4) is 0 Å². The molecule has 2 aliphatic rings. The Kier molecular flexibility index (Phi) is 2.96. The van der Waals surface area contributed by atoms with E-state index in [4.69, 9.17) is 24.6 Å². The molecule has 2 aromatic rings. The maximum Gasteiger partial charge on any atom is 0.166 e. The van der Waals surface area contributed by atoms with Gasteiger partial charge < -0.3 is 9.47 Å². The number of ketones is 1. The number of methoxy groups -OCH3 is 2. The van der Waals surface area contributed by atoms with Crippen molar-refractivity contribution in [3.05, 3.63) is 59.2 Å². The molecule has 1 atom stereocenters. The largest absolute Gasteiger partial charge is 0.493 e. The number of piperidine rings is 1. The molecule has 1 aliphatic heterocycles. The fraction of sp³-hybridized carbons (Fsp3) is 0.458. The number of likely N-dealkylation sites (tertiary alicyclic amines) is 1. The van der Waals surface area contributed by atoms with Crippen molar-refractivity contribution in [2.24, 2.45) is 11.8 Å². The fourth-order valence-electron chi connectivity index (χ4n) is 3.41. The van der Waals surface area contributed by atoms with Gasteiger partial charge in [0.1, 0.15) is 0 Å². The first kappa shape index (κ1) is 9.93. The Bertz CT molecular complexity index is 1260. The number of ether oxygens (including phenoxy) is 2. The van der Waals surface area contributed by atoms with Gasteiger partial charge in [0.2, 0.25) is 0 Å². The van der Waals surface area contributed by atoms with Crippen LogP contribution in [0.1, 0.15) is 55.7 Å². The lowest BCUT2D eigenvalue weighted by Crippen LogP contribution is -2.34. The first-order valence-corrected chi connectivity index (χ1v) is 8.98. The molecule has 0 spiro atoms. The number of carbonyl (C=O) groups is 1. The highest BCUT2D eigenvalue weighted by Gasteiger charge is 2.34. The van der Waals surface area contributed by atoms with E-state index in [9.17, 15) is 4.79 Å². The van der Waals surface area contributed by atoms with Gasteiger partial charge in [0.25, 0.3) is 0 Å². The molecule has 0 N–H and O–H groups in total. The van der Waals surface area contributed by atoms with Crippen LogP contribution in [0.4, 0.5) is 0 Å². The normalized spacial score (nSPS) is 34.9. The summed E-state index contributed by atoms with van der Waals surface area (Å²) in [6.45, 7) is -10.1. The molecule has 148 valence electrons. The number of rotatable bonds is 6. The number of benzene rings is 2. The van der Waals surface area contributed by atoms with Gasteiger partial charge in [0.05, 0.1) is 14.2 Å². The zero-order valence-electron chi connectivity index (χ0n) is 26.7. The van der Waals surface area contributed by atoms with E-state index in [-0.39, 0.29) is 28.2 Å². The predicted molar refractivity (Wildman–Crippen MR) is 110 cm³/mol. The standard InChI is InChI=1S/C24H29NO3/c1-27-22-14-19-13-20(24(26)21(19)15-23(22)28-2)12-17-8-10-25(11-9-17)16-18-6-4-3-5-7-18/h3-7,14-15,17,20H,8-13,16H2,1-2H3/i8D2,9D2,10D2,11D2,16D2,17D. The molecule has 0 bridgehead atoms. The summed E-state index contributed by atoms with van der Waals surface area (Å²) in [5.41, 5.74) is 0.494. The van der Waals surface area contributed by atoms with Gasteiger partial charge in [-0.25, -0.2) is 0 Å². The second-order valence-electron chi connectivity index (χ2n) is 6.60. The molecule has 0 amide bonds. The van der Waals surface area contributed by atoms with Gasteiger partial charge in [0, 0.05) is 33.1 Å². The summed E-state index contributed by atoms with van der Waals surface area (Å²) < 4.78 is 106. The Morgan fingerprint density at radius 2 is 1.82 bits per heavy atom. The van der Waals surface area contributed by atoms with Crippen LogP contribution in [-0.2, 0) is 12.9 Å². The molecular formula is C24H29NO3. The smallest absolute Gasteiger partial charge is 0.166 e. The van der Waals surface area contributed by atoms with Gasteiger partial charge in [-0.15, -0.1) is 0 Å². The molecule has 4 rings (SSSR count). The fourth-order valence-corrected chi connectivity index (χ4v) is 3.41. The minimum Gasteiger partial charge on any atom is -0.493 e. The third kappa shape index (κ3) is 3.93. The van der Waals surface area contributed by atoms with Crippen molar-refractivity contribution < 1.29 is 29.3 Å². The molecule has 0 radical (unpaired) electrons. The van der Waals surface area contributed by atoms with Crippen LogP contribution in [0.5, 0.6) is 11.5 Å². The average Bonchev–Trinajstić information content (AvgIpc) is 3.15. The minimum atomic E-state index is -3.52. The van der Waals surface area contributed by atoms with Gasteiger partial charge in [-0.3, -0.25) is 9.69 Å². The van der Waals surface area contributed by atoms with Crippen molar-refractivity contribution >= 4 is 5.78 Å². The Labute approximate surface area is 182 Å². The molecule has 1 aliphatic carbocycles. The maximum absolute atomic E-state index is 13.4. The van der Waals surface area contributed by atoms with E-state index in [1.807, 2.05) is 0 Å². The summed E-state index contributed by atoms with van der Waals surface area (Å²) in [4.78, 5) is 13.3. The lowest BCUT2D eigenvalue weighted by atomic mass is 9.85. The molecule has 4 nitrogen and oxygen atoms in total. The van der Waals surface area contributed by atoms with Gasteiger partial charge in [-0.2, -0.15) is 0 Å². The molecule has 28 heavy (non-hydrogen) atoms. The lowest BCUT2D eigenvalue weighted by molar-refractivity contribution is 0.0895. The Balaban J connectivity index is 1.81. The summed E-state index contributed by atoms with van der Waals surface area (Å²) in [5, 5.41) is 0. The molecule has 1 unspecified atom stereocenters. The van der Waals surface area contributed by atoms with Crippen LogP contribution in [0.25, 0.3) is 0 Å². The van der Waals surface area contributed by atoms with Crippen LogP contribution in [0.2, 0.25) is 0 Å². The summed E-state index contributed by atoms with van der Waals surface area (Å²) >= 11 is 0. The first-order chi connectivity index (χ1) is 17.8. The molecule has 0 saturated carbocycles. The van der Waals surface area contributed by atoms with E-state index in [1.54, 1.807) is 12.1 Å². The number of fused-ring (bicyclic) bond motifs is 1. The molecule has 1 saturated heterocycles.